The van der Waals surface area contributed by atoms with Crippen LogP contribution >= 0.6 is 0 Å². The lowest BCUT2D eigenvalue weighted by Crippen LogP contribution is -2.57. The number of ether oxygens (including phenoxy) is 1. The first-order chi connectivity index (χ1) is 7.19. The van der Waals surface area contributed by atoms with Gasteiger partial charge in [-0.05, 0) is 6.42 Å². The van der Waals surface area contributed by atoms with Crippen LogP contribution in [0.25, 0.3) is 0 Å². The van der Waals surface area contributed by atoms with Crippen molar-refractivity contribution in [3.05, 3.63) is 12.7 Å². The molecule has 15 heavy (non-hydrogen) atoms. The average molecular weight is 215 g/mol. The van der Waals surface area contributed by atoms with Crippen molar-refractivity contribution < 1.29 is 19.8 Å². The number of fused-ring (bicyclic) bond motifs is 1. The molecular weight excluding hydrogens is 198 g/mol. The molecule has 0 aromatic heterocycles. The molecule has 86 valence electrons. The highest BCUT2D eigenvalue weighted by molar-refractivity contribution is 5.03. The van der Waals surface area contributed by atoms with Gasteiger partial charge in [-0.3, -0.25) is 4.84 Å². The highest BCUT2D eigenvalue weighted by atomic mass is 16.7. The summed E-state index contributed by atoms with van der Waals surface area (Å²) in [5, 5.41) is 19.5. The highest BCUT2D eigenvalue weighted by Crippen LogP contribution is 2.30. The van der Waals surface area contributed by atoms with Crippen LogP contribution in [0.3, 0.4) is 0 Å². The van der Waals surface area contributed by atoms with Crippen molar-refractivity contribution in [2.45, 2.75) is 49.9 Å². The van der Waals surface area contributed by atoms with Crippen molar-refractivity contribution in [3.63, 3.8) is 0 Å². The second-order valence-electron chi connectivity index (χ2n) is 4.00. The number of hydrogen-bond donors (Lipinski definition) is 3. The van der Waals surface area contributed by atoms with Crippen LogP contribution in [0, 0.1) is 0 Å². The third kappa shape index (κ3) is 1.70. The fourth-order valence-corrected chi connectivity index (χ4v) is 2.13. The summed E-state index contributed by atoms with van der Waals surface area (Å²) >= 11 is 0. The van der Waals surface area contributed by atoms with Crippen LogP contribution in [-0.2, 0) is 9.57 Å². The summed E-state index contributed by atoms with van der Waals surface area (Å²) < 4.78 is 5.63. The Morgan fingerprint density at radius 1 is 1.33 bits per heavy atom. The molecule has 2 heterocycles. The summed E-state index contributed by atoms with van der Waals surface area (Å²) in [5.74, 6) is 0. The minimum Gasteiger partial charge on any atom is -0.387 e. The van der Waals surface area contributed by atoms with E-state index in [9.17, 15) is 10.2 Å². The van der Waals surface area contributed by atoms with E-state index in [0.29, 0.717) is 0 Å². The normalized spacial score (nSPS) is 50.1. The van der Waals surface area contributed by atoms with Gasteiger partial charge in [-0.1, -0.05) is 13.0 Å². The van der Waals surface area contributed by atoms with E-state index in [-0.39, 0.29) is 12.1 Å². The second kappa shape index (κ2) is 4.19. The number of aliphatic hydroxyl groups excluding tert-OH is 2. The van der Waals surface area contributed by atoms with E-state index in [2.05, 4.69) is 12.1 Å². The summed E-state index contributed by atoms with van der Waals surface area (Å²) in [4.78, 5) is 5.22. The Bertz CT molecular complexity index is 248. The molecule has 3 N–H and O–H groups in total. The molecule has 0 spiro atoms. The largest absolute Gasteiger partial charge is 0.387 e. The molecule has 6 unspecified atom stereocenters. The fourth-order valence-electron chi connectivity index (χ4n) is 2.13. The Morgan fingerprint density at radius 2 is 2.07 bits per heavy atom. The zero-order valence-electron chi connectivity index (χ0n) is 8.67. The van der Waals surface area contributed by atoms with E-state index in [1.165, 1.54) is 6.08 Å². The van der Waals surface area contributed by atoms with Crippen LogP contribution < -0.4 is 5.48 Å². The van der Waals surface area contributed by atoms with Crippen molar-refractivity contribution in [1.82, 2.24) is 5.48 Å². The van der Waals surface area contributed by atoms with Crippen LogP contribution in [0.5, 0.6) is 0 Å². The molecule has 0 aromatic rings. The van der Waals surface area contributed by atoms with Crippen molar-refractivity contribution in [2.75, 3.05) is 0 Å². The summed E-state index contributed by atoms with van der Waals surface area (Å²) in [5.41, 5.74) is 2.81. The predicted molar refractivity (Wildman–Crippen MR) is 53.0 cm³/mol. The molecule has 6 atom stereocenters. The third-order valence-electron chi connectivity index (χ3n) is 3.09. The van der Waals surface area contributed by atoms with Crippen LogP contribution in [0.2, 0.25) is 0 Å². The first-order valence-electron chi connectivity index (χ1n) is 5.24. The van der Waals surface area contributed by atoms with Crippen LogP contribution in [0.1, 0.15) is 13.3 Å². The Balaban J connectivity index is 2.14. The molecule has 2 aliphatic heterocycles. The molecule has 2 fully saturated rings. The first kappa shape index (κ1) is 11.0. The average Bonchev–Trinajstić information content (AvgIpc) is 2.66. The van der Waals surface area contributed by atoms with Crippen molar-refractivity contribution in [3.8, 4) is 0 Å². The van der Waals surface area contributed by atoms with Crippen molar-refractivity contribution >= 4 is 0 Å². The lowest BCUT2D eigenvalue weighted by atomic mass is 9.91. The Hall–Kier alpha value is -0.460. The molecule has 0 amide bonds. The molecule has 0 radical (unpaired) electrons. The van der Waals surface area contributed by atoms with E-state index in [1.807, 2.05) is 6.92 Å². The molecule has 2 aliphatic rings. The SMILES string of the molecule is C=CC1OC2C(CC)NOC2C(O)C1O. The first-order valence-corrected chi connectivity index (χ1v) is 5.24. The molecule has 0 aromatic carbocycles. The number of hydrogen-bond acceptors (Lipinski definition) is 5. The van der Waals surface area contributed by atoms with E-state index < -0.39 is 24.4 Å². The van der Waals surface area contributed by atoms with Crippen LogP contribution in [0.4, 0.5) is 0 Å². The molecule has 5 nitrogen and oxygen atoms in total. The van der Waals surface area contributed by atoms with Gasteiger partial charge in [0.25, 0.3) is 0 Å². The zero-order chi connectivity index (χ0) is 11.0. The maximum Gasteiger partial charge on any atom is 0.135 e. The van der Waals surface area contributed by atoms with E-state index in [0.717, 1.165) is 6.42 Å². The highest BCUT2D eigenvalue weighted by Gasteiger charge is 2.50. The van der Waals surface area contributed by atoms with Gasteiger partial charge in [0, 0.05) is 0 Å². The number of hydroxylamine groups is 1. The monoisotopic (exact) mass is 215 g/mol. The van der Waals surface area contributed by atoms with Crippen molar-refractivity contribution in [1.29, 1.82) is 0 Å². The smallest absolute Gasteiger partial charge is 0.135 e. The predicted octanol–water partition coefficient (Wildman–Crippen LogP) is -0.656. The molecular formula is C10H17NO4. The molecule has 0 bridgehead atoms. The molecule has 0 saturated carbocycles. The van der Waals surface area contributed by atoms with Gasteiger partial charge in [0.15, 0.2) is 0 Å². The Kier molecular flexibility index (Phi) is 3.08. The van der Waals surface area contributed by atoms with Gasteiger partial charge < -0.3 is 14.9 Å². The molecule has 0 aliphatic carbocycles. The van der Waals surface area contributed by atoms with Gasteiger partial charge in [-0.2, -0.15) is 5.48 Å². The van der Waals surface area contributed by atoms with E-state index in [1.54, 1.807) is 0 Å². The summed E-state index contributed by atoms with van der Waals surface area (Å²) in [7, 11) is 0. The standard InChI is InChI=1S/C10H17NO4/c1-3-5-9-10(15-11-5)8(13)7(12)6(4-2)14-9/h4-13H,2-3H2,1H3. The van der Waals surface area contributed by atoms with E-state index in [4.69, 9.17) is 9.57 Å². The quantitative estimate of drug-likeness (QED) is 0.534. The third-order valence-corrected chi connectivity index (χ3v) is 3.09. The van der Waals surface area contributed by atoms with E-state index >= 15 is 0 Å². The van der Waals surface area contributed by atoms with Crippen molar-refractivity contribution in [2.24, 2.45) is 0 Å². The Labute approximate surface area is 88.6 Å². The lowest BCUT2D eigenvalue weighted by molar-refractivity contribution is -0.200. The topological polar surface area (TPSA) is 71.0 Å². The van der Waals surface area contributed by atoms with Gasteiger partial charge >= 0.3 is 0 Å². The summed E-state index contributed by atoms with van der Waals surface area (Å²) in [6, 6.07) is 0.0552. The summed E-state index contributed by atoms with van der Waals surface area (Å²) in [6.07, 6.45) is -0.809. The molecule has 5 heteroatoms. The van der Waals surface area contributed by atoms with Crippen LogP contribution in [0.15, 0.2) is 12.7 Å². The van der Waals surface area contributed by atoms with Gasteiger partial charge in [0.2, 0.25) is 0 Å². The van der Waals surface area contributed by atoms with Crippen LogP contribution in [-0.4, -0.2) is 46.8 Å². The molecule has 2 rings (SSSR count). The number of aliphatic hydroxyl groups is 2. The minimum atomic E-state index is -0.971. The van der Waals surface area contributed by atoms with Gasteiger partial charge in [0.05, 0.1) is 6.04 Å². The fraction of sp³-hybridized carbons (Fsp3) is 0.800. The Morgan fingerprint density at radius 3 is 2.67 bits per heavy atom. The summed E-state index contributed by atoms with van der Waals surface area (Å²) in [6.45, 7) is 5.58. The number of nitrogens with one attached hydrogen (secondary N) is 1. The molecule has 2 saturated heterocycles. The van der Waals surface area contributed by atoms with Gasteiger partial charge in [-0.25, -0.2) is 0 Å². The lowest BCUT2D eigenvalue weighted by Gasteiger charge is -2.38. The zero-order valence-corrected chi connectivity index (χ0v) is 8.67. The number of rotatable bonds is 2. The minimum absolute atomic E-state index is 0.0552. The maximum absolute atomic E-state index is 9.82. The van der Waals surface area contributed by atoms with Gasteiger partial charge in [0.1, 0.15) is 30.5 Å². The maximum atomic E-state index is 9.82. The second-order valence-corrected chi connectivity index (χ2v) is 4.00. The van der Waals surface area contributed by atoms with Gasteiger partial charge in [-0.15, -0.1) is 6.58 Å².